The van der Waals surface area contributed by atoms with E-state index in [1.165, 1.54) is 0 Å². The second-order valence-corrected chi connectivity index (χ2v) is 5.05. The Morgan fingerprint density at radius 2 is 2.05 bits per heavy atom. The van der Waals surface area contributed by atoms with Crippen LogP contribution in [-0.2, 0) is 4.74 Å². The molecule has 0 aliphatic rings. The standard InChI is InChI=1S/C15H27N3O2/c1-5-18(9-10-19-6-2)14-8-7-13(16)15(17-14)20-11-12(3)4/h7-8,12H,5-6,9-11,16H2,1-4H3. The number of anilines is 2. The maximum absolute atomic E-state index is 5.91. The van der Waals surface area contributed by atoms with Crippen LogP contribution in [0.15, 0.2) is 12.1 Å². The van der Waals surface area contributed by atoms with Crippen LogP contribution in [0.4, 0.5) is 11.5 Å². The number of rotatable bonds is 9. The van der Waals surface area contributed by atoms with E-state index in [1.807, 2.05) is 19.1 Å². The summed E-state index contributed by atoms with van der Waals surface area (Å²) in [4.78, 5) is 6.67. The largest absolute Gasteiger partial charge is 0.476 e. The fourth-order valence-electron chi connectivity index (χ4n) is 1.73. The monoisotopic (exact) mass is 281 g/mol. The van der Waals surface area contributed by atoms with Crippen molar-refractivity contribution in [2.24, 2.45) is 5.92 Å². The fourth-order valence-corrected chi connectivity index (χ4v) is 1.73. The van der Waals surface area contributed by atoms with E-state index in [2.05, 4.69) is 30.7 Å². The van der Waals surface area contributed by atoms with E-state index >= 15 is 0 Å². The summed E-state index contributed by atoms with van der Waals surface area (Å²) in [6.45, 7) is 12.0. The van der Waals surface area contributed by atoms with Gasteiger partial charge in [0.1, 0.15) is 5.82 Å². The molecule has 0 aliphatic carbocycles. The third kappa shape index (κ3) is 5.25. The highest BCUT2D eigenvalue weighted by molar-refractivity contribution is 5.54. The summed E-state index contributed by atoms with van der Waals surface area (Å²) in [6.07, 6.45) is 0. The number of nitrogen functional groups attached to an aromatic ring is 1. The first-order valence-electron chi connectivity index (χ1n) is 7.30. The Bertz CT molecular complexity index is 397. The van der Waals surface area contributed by atoms with Gasteiger partial charge in [-0.3, -0.25) is 0 Å². The summed E-state index contributed by atoms with van der Waals surface area (Å²) >= 11 is 0. The Morgan fingerprint density at radius 1 is 1.30 bits per heavy atom. The smallest absolute Gasteiger partial charge is 0.239 e. The normalized spacial score (nSPS) is 10.8. The molecule has 0 aliphatic heterocycles. The summed E-state index contributed by atoms with van der Waals surface area (Å²) in [6, 6.07) is 3.77. The van der Waals surface area contributed by atoms with Crippen molar-refractivity contribution in [2.45, 2.75) is 27.7 Å². The highest BCUT2D eigenvalue weighted by Crippen LogP contribution is 2.23. The van der Waals surface area contributed by atoms with Gasteiger partial charge in [-0.2, -0.15) is 4.98 Å². The molecule has 0 amide bonds. The molecule has 0 radical (unpaired) electrons. The SMILES string of the molecule is CCOCCN(CC)c1ccc(N)c(OCC(C)C)n1. The lowest BCUT2D eigenvalue weighted by Gasteiger charge is -2.22. The first-order valence-corrected chi connectivity index (χ1v) is 7.30. The molecule has 1 heterocycles. The van der Waals surface area contributed by atoms with Crippen molar-refractivity contribution >= 4 is 11.5 Å². The predicted molar refractivity (Wildman–Crippen MR) is 83.4 cm³/mol. The maximum atomic E-state index is 5.91. The lowest BCUT2D eigenvalue weighted by molar-refractivity contribution is 0.154. The summed E-state index contributed by atoms with van der Waals surface area (Å²) in [7, 11) is 0. The average molecular weight is 281 g/mol. The highest BCUT2D eigenvalue weighted by Gasteiger charge is 2.10. The van der Waals surface area contributed by atoms with Crippen LogP contribution in [0.25, 0.3) is 0 Å². The van der Waals surface area contributed by atoms with Gasteiger partial charge in [0.2, 0.25) is 5.88 Å². The molecule has 114 valence electrons. The zero-order chi connectivity index (χ0) is 15.0. The van der Waals surface area contributed by atoms with Gasteiger partial charge in [0.05, 0.1) is 18.9 Å². The van der Waals surface area contributed by atoms with E-state index in [0.717, 1.165) is 25.5 Å². The Balaban J connectivity index is 2.75. The van der Waals surface area contributed by atoms with E-state index in [-0.39, 0.29) is 0 Å². The van der Waals surface area contributed by atoms with E-state index in [4.69, 9.17) is 15.2 Å². The molecule has 0 fully saturated rings. The van der Waals surface area contributed by atoms with Crippen LogP contribution in [0.3, 0.4) is 0 Å². The van der Waals surface area contributed by atoms with Crippen LogP contribution in [0.2, 0.25) is 0 Å². The lowest BCUT2D eigenvalue weighted by atomic mass is 10.2. The Hall–Kier alpha value is -1.49. The topological polar surface area (TPSA) is 60.6 Å². The minimum absolute atomic E-state index is 0.445. The number of hydrogen-bond acceptors (Lipinski definition) is 5. The van der Waals surface area contributed by atoms with E-state index in [0.29, 0.717) is 30.7 Å². The number of pyridine rings is 1. The van der Waals surface area contributed by atoms with Gasteiger partial charge in [-0.25, -0.2) is 0 Å². The van der Waals surface area contributed by atoms with Crippen molar-refractivity contribution < 1.29 is 9.47 Å². The summed E-state index contributed by atoms with van der Waals surface area (Å²) in [5.74, 6) is 1.84. The molecule has 1 aromatic heterocycles. The van der Waals surface area contributed by atoms with Crippen molar-refractivity contribution in [1.82, 2.24) is 4.98 Å². The third-order valence-corrected chi connectivity index (χ3v) is 2.84. The molecule has 5 nitrogen and oxygen atoms in total. The Kier molecular flexibility index (Phi) is 7.15. The Morgan fingerprint density at radius 3 is 2.65 bits per heavy atom. The molecule has 1 rings (SSSR count). The molecule has 0 saturated carbocycles. The molecule has 5 heteroatoms. The van der Waals surface area contributed by atoms with Crippen LogP contribution in [0, 0.1) is 5.92 Å². The second kappa shape index (κ2) is 8.64. The molecular formula is C15H27N3O2. The minimum atomic E-state index is 0.445. The van der Waals surface area contributed by atoms with Gasteiger partial charge in [-0.15, -0.1) is 0 Å². The number of likely N-dealkylation sites (N-methyl/N-ethyl adjacent to an activating group) is 1. The minimum Gasteiger partial charge on any atom is -0.476 e. The van der Waals surface area contributed by atoms with Gasteiger partial charge in [0.15, 0.2) is 0 Å². The molecule has 20 heavy (non-hydrogen) atoms. The van der Waals surface area contributed by atoms with Crippen LogP contribution in [0.5, 0.6) is 5.88 Å². The van der Waals surface area contributed by atoms with E-state index in [1.54, 1.807) is 0 Å². The zero-order valence-corrected chi connectivity index (χ0v) is 13.1. The molecule has 0 unspecified atom stereocenters. The summed E-state index contributed by atoms with van der Waals surface area (Å²) in [5, 5.41) is 0. The highest BCUT2D eigenvalue weighted by atomic mass is 16.5. The molecule has 0 aromatic carbocycles. The van der Waals surface area contributed by atoms with Gasteiger partial charge >= 0.3 is 0 Å². The zero-order valence-electron chi connectivity index (χ0n) is 13.1. The average Bonchev–Trinajstić information content (AvgIpc) is 2.43. The van der Waals surface area contributed by atoms with Crippen molar-refractivity contribution in [3.63, 3.8) is 0 Å². The fraction of sp³-hybridized carbons (Fsp3) is 0.667. The number of nitrogens with two attached hydrogens (primary N) is 1. The third-order valence-electron chi connectivity index (χ3n) is 2.84. The van der Waals surface area contributed by atoms with Gasteiger partial charge in [0, 0.05) is 19.7 Å². The molecule has 0 atom stereocenters. The molecule has 0 saturated heterocycles. The van der Waals surface area contributed by atoms with Gasteiger partial charge in [-0.05, 0) is 31.9 Å². The van der Waals surface area contributed by atoms with Crippen molar-refractivity contribution in [1.29, 1.82) is 0 Å². The van der Waals surface area contributed by atoms with Crippen molar-refractivity contribution in [3.8, 4) is 5.88 Å². The first kappa shape index (κ1) is 16.6. The quantitative estimate of drug-likeness (QED) is 0.705. The maximum Gasteiger partial charge on any atom is 0.239 e. The van der Waals surface area contributed by atoms with Crippen LogP contribution in [-0.4, -0.2) is 37.9 Å². The van der Waals surface area contributed by atoms with Crippen LogP contribution >= 0.6 is 0 Å². The molecule has 1 aromatic rings. The summed E-state index contributed by atoms with van der Waals surface area (Å²) in [5.41, 5.74) is 6.49. The first-order chi connectivity index (χ1) is 9.58. The van der Waals surface area contributed by atoms with E-state index in [9.17, 15) is 0 Å². The number of aromatic nitrogens is 1. The molecular weight excluding hydrogens is 254 g/mol. The van der Waals surface area contributed by atoms with Gasteiger partial charge < -0.3 is 20.1 Å². The number of nitrogens with zero attached hydrogens (tertiary/aromatic N) is 2. The second-order valence-electron chi connectivity index (χ2n) is 5.05. The molecule has 0 bridgehead atoms. The molecule has 0 spiro atoms. The number of hydrogen-bond donors (Lipinski definition) is 1. The van der Waals surface area contributed by atoms with Gasteiger partial charge in [0.25, 0.3) is 0 Å². The predicted octanol–water partition coefficient (Wildman–Crippen LogP) is 2.56. The lowest BCUT2D eigenvalue weighted by Crippen LogP contribution is -2.28. The Labute approximate surface area is 122 Å². The van der Waals surface area contributed by atoms with Crippen LogP contribution < -0.4 is 15.4 Å². The van der Waals surface area contributed by atoms with Crippen molar-refractivity contribution in [3.05, 3.63) is 12.1 Å². The van der Waals surface area contributed by atoms with Crippen LogP contribution in [0.1, 0.15) is 27.7 Å². The van der Waals surface area contributed by atoms with Crippen molar-refractivity contribution in [2.75, 3.05) is 43.5 Å². The molecule has 2 N–H and O–H groups in total. The summed E-state index contributed by atoms with van der Waals surface area (Å²) < 4.78 is 11.1. The van der Waals surface area contributed by atoms with E-state index < -0.39 is 0 Å². The number of ether oxygens (including phenoxy) is 2. The van der Waals surface area contributed by atoms with Gasteiger partial charge in [-0.1, -0.05) is 13.8 Å².